The first-order valence-corrected chi connectivity index (χ1v) is 52.3. The lowest BCUT2D eigenvalue weighted by molar-refractivity contribution is 0.195. The van der Waals surface area contributed by atoms with E-state index in [1.54, 1.807) is 44.5 Å². The van der Waals surface area contributed by atoms with Gasteiger partial charge in [0, 0.05) is 0 Å². The van der Waals surface area contributed by atoms with E-state index >= 15 is 0 Å². The summed E-state index contributed by atoms with van der Waals surface area (Å²) >= 11 is 0. The summed E-state index contributed by atoms with van der Waals surface area (Å²) in [5.74, 6) is 20.7. The highest BCUT2D eigenvalue weighted by molar-refractivity contribution is 5.84. The summed E-state index contributed by atoms with van der Waals surface area (Å²) in [5, 5.41) is 0. The summed E-state index contributed by atoms with van der Waals surface area (Å²) < 4.78 is 0. The van der Waals surface area contributed by atoms with Crippen molar-refractivity contribution in [2.75, 3.05) is 0 Å². The SMILES string of the molecule is CC(C)[C@@H]1CC[C@@H](C)C[C@H]1c1ccc([C@@H]2C[C@H](C)CC[C@H]2C(C)C)c(-c2ccc(-c3cc([C@@H]4C[C@H](C)CC[C@H]4C(C)C)c(-c4ccc(-c5cc([C@@H]6C[C@H](C)CC[C@H]6C(C)C)c(-c6ccc(-c7cc([C@@H]8C[C@H](C)CC[C@H]8C(C)C)ccc7[C@@H]7C[C@H](C)CC[C@H]7C(C)C)cc6)cc5[C@@H]5C[C@H](C)CC[C@H]5C(C)C)cc4)cc3[C@@H]3C[C@H](C)CC[C@H]3C(C)C)cc2)c1. The molecule has 8 saturated carbocycles. The molecule has 0 bridgehead atoms. The third-order valence-corrected chi connectivity index (χ3v) is 36.5. The van der Waals surface area contributed by atoms with Gasteiger partial charge in [0.1, 0.15) is 0 Å². The Balaban J connectivity index is 0.899. The Morgan fingerprint density at radius 3 is 0.484 bits per heavy atom. The first-order chi connectivity index (χ1) is 58.4. The van der Waals surface area contributed by atoms with Crippen LogP contribution in [0.3, 0.4) is 0 Å². The Morgan fingerprint density at radius 1 is 0.164 bits per heavy atom. The molecule has 0 unspecified atom stereocenters. The van der Waals surface area contributed by atoms with Gasteiger partial charge in [-0.3, -0.25) is 0 Å². The molecule has 0 nitrogen and oxygen atoms in total. The summed E-state index contributed by atoms with van der Waals surface area (Å²) in [6.07, 6.45) is 31.7. The van der Waals surface area contributed by atoms with Gasteiger partial charge in [-0.05, 0) is 428 Å². The fourth-order valence-electron chi connectivity index (χ4n) is 29.3. The molecule has 0 spiro atoms. The van der Waals surface area contributed by atoms with Gasteiger partial charge < -0.3 is 0 Å². The van der Waals surface area contributed by atoms with Crippen LogP contribution < -0.4 is 0 Å². The van der Waals surface area contributed by atoms with Gasteiger partial charge in [-0.1, -0.05) is 327 Å². The van der Waals surface area contributed by atoms with Crippen molar-refractivity contribution in [3.8, 4) is 66.8 Å². The lowest BCUT2D eigenvalue weighted by Gasteiger charge is -2.41. The summed E-state index contributed by atoms with van der Waals surface area (Å²) in [6.45, 7) is 61.3. The van der Waals surface area contributed by atoms with E-state index < -0.39 is 0 Å². The Labute approximate surface area is 749 Å². The van der Waals surface area contributed by atoms with Crippen molar-refractivity contribution in [2.24, 2.45) is 142 Å². The zero-order valence-corrected chi connectivity index (χ0v) is 82.1. The molecule has 0 N–H and O–H groups in total. The maximum atomic E-state index is 2.89. The minimum Gasteiger partial charge on any atom is -0.0625 e. The Kier molecular flexibility index (Phi) is 29.4. The van der Waals surface area contributed by atoms with Gasteiger partial charge in [-0.2, -0.15) is 0 Å². The molecule has 7 aromatic rings. The number of rotatable bonds is 22. The average molecular weight is 1640 g/mol. The summed E-state index contributed by atoms with van der Waals surface area (Å²) in [5.41, 5.74) is 30.8. The molecule has 7 aromatic carbocycles. The van der Waals surface area contributed by atoms with Crippen LogP contribution in [0.5, 0.6) is 0 Å². The molecule has 0 aliphatic heterocycles. The van der Waals surface area contributed by atoms with E-state index in [4.69, 9.17) is 0 Å². The monoisotopic (exact) mass is 1640 g/mol. The molecule has 8 aliphatic carbocycles. The molecule has 662 valence electrons. The van der Waals surface area contributed by atoms with E-state index in [0.29, 0.717) is 154 Å². The third-order valence-electron chi connectivity index (χ3n) is 36.5. The van der Waals surface area contributed by atoms with E-state index in [0.717, 1.165) is 35.5 Å². The zero-order valence-electron chi connectivity index (χ0n) is 82.1. The van der Waals surface area contributed by atoms with Gasteiger partial charge >= 0.3 is 0 Å². The van der Waals surface area contributed by atoms with Gasteiger partial charge in [0.05, 0.1) is 0 Å². The van der Waals surface area contributed by atoms with Crippen molar-refractivity contribution in [2.45, 2.75) is 368 Å². The van der Waals surface area contributed by atoms with Gasteiger partial charge in [-0.15, -0.1) is 0 Å². The van der Waals surface area contributed by atoms with Gasteiger partial charge in [0.2, 0.25) is 0 Å². The summed E-state index contributed by atoms with van der Waals surface area (Å²) in [4.78, 5) is 0. The molecule has 15 rings (SSSR count). The van der Waals surface area contributed by atoms with Crippen LogP contribution in [0.25, 0.3) is 66.8 Å². The van der Waals surface area contributed by atoms with Crippen LogP contribution in [0.2, 0.25) is 0 Å². The van der Waals surface area contributed by atoms with Crippen LogP contribution >= 0.6 is 0 Å². The molecule has 24 atom stereocenters. The van der Waals surface area contributed by atoms with E-state index in [2.05, 4.69) is 300 Å². The fourth-order valence-corrected chi connectivity index (χ4v) is 29.3. The maximum absolute atomic E-state index is 2.89. The van der Waals surface area contributed by atoms with Gasteiger partial charge in [-0.25, -0.2) is 0 Å². The number of hydrogen-bond acceptors (Lipinski definition) is 0. The normalized spacial score (nSPS) is 32.7. The molecule has 0 heteroatoms. The molecule has 122 heavy (non-hydrogen) atoms. The first kappa shape index (κ1) is 91.3. The number of benzene rings is 7. The van der Waals surface area contributed by atoms with Crippen LogP contribution in [0.1, 0.15) is 412 Å². The molecule has 8 aliphatic rings. The van der Waals surface area contributed by atoms with Gasteiger partial charge in [0.15, 0.2) is 0 Å². The first-order valence-electron chi connectivity index (χ1n) is 52.3. The lowest BCUT2D eigenvalue weighted by Crippen LogP contribution is -2.28. The van der Waals surface area contributed by atoms with Crippen molar-refractivity contribution in [3.05, 3.63) is 178 Å². The second-order valence-corrected chi connectivity index (χ2v) is 47.9. The van der Waals surface area contributed by atoms with Crippen molar-refractivity contribution in [1.29, 1.82) is 0 Å². The third kappa shape index (κ3) is 19.6. The average Bonchev–Trinajstić information content (AvgIpc) is 0.746. The topological polar surface area (TPSA) is 0 Å². The van der Waals surface area contributed by atoms with Crippen LogP contribution in [0.4, 0.5) is 0 Å². The summed E-state index contributed by atoms with van der Waals surface area (Å²) in [7, 11) is 0. The maximum Gasteiger partial charge on any atom is -0.0122 e. The Bertz CT molecular complexity index is 4270. The van der Waals surface area contributed by atoms with Crippen LogP contribution in [-0.4, -0.2) is 0 Å². The standard InChI is InChI=1S/C122H174/c1-71(2)95-47-25-79(17)57-105(95)93-45-55-103(113-59-81(19)27-49-97(113)73(5)6)107(65-93)87-33-37-89(38-34-87)109-67-121(117-63-85(23)31-53-101(117)77(13)14)111(69-119(109)115-61-83(21)29-51-99(115)75(9)10)91-41-43-92(44-42-91)112-70-120(116-62-84(22)30-52-100(116)76(11)12)110(68-122(112)118-64-86(24)32-54-102(118)78(15)16)90-39-35-88(36-40-90)108-66-94(106-58-80(18)26-48-96(106)72(3)4)46-56-104(108)114-60-82(20)28-50-98(114)74(7)8/h33-46,55-56,65-86,95-102,105-106,113-118H,25-32,47-54,57-64H2,1-24H3/t79-,80-,81-,82-,83-,84-,85-,86-,95+,96+,97+,98+,99+,100+,101+,102+,105+,106+,113-,114-,115-,116-,117-,118-/m1/s1. The molecule has 0 aromatic heterocycles. The van der Waals surface area contributed by atoms with Crippen molar-refractivity contribution in [3.63, 3.8) is 0 Å². The lowest BCUT2D eigenvalue weighted by atomic mass is 9.63. The highest BCUT2D eigenvalue weighted by Crippen LogP contribution is 2.59. The predicted octanol–water partition coefficient (Wildman–Crippen LogP) is 37.1. The van der Waals surface area contributed by atoms with Crippen LogP contribution in [0, 0.1) is 142 Å². The zero-order chi connectivity index (χ0) is 86.5. The van der Waals surface area contributed by atoms with Crippen LogP contribution in [0.15, 0.2) is 133 Å². The molecular weight excluding hydrogens is 1470 g/mol. The minimum absolute atomic E-state index is 0.484. The second-order valence-electron chi connectivity index (χ2n) is 47.9. The molecule has 0 amide bonds. The molecule has 0 saturated heterocycles. The highest BCUT2D eigenvalue weighted by Gasteiger charge is 2.44. The van der Waals surface area contributed by atoms with Crippen molar-refractivity contribution >= 4 is 0 Å². The van der Waals surface area contributed by atoms with Crippen LogP contribution in [-0.2, 0) is 0 Å². The Hall–Kier alpha value is -5.46. The highest BCUT2D eigenvalue weighted by atomic mass is 14.5. The van der Waals surface area contributed by atoms with E-state index in [9.17, 15) is 0 Å². The van der Waals surface area contributed by atoms with E-state index in [1.807, 2.05) is 0 Å². The fraction of sp³-hybridized carbons (Fsp3) is 0.656. The quantitative estimate of drug-likeness (QED) is 0.0634. The summed E-state index contributed by atoms with van der Waals surface area (Å²) in [6, 6.07) is 59.5. The van der Waals surface area contributed by atoms with Crippen molar-refractivity contribution < 1.29 is 0 Å². The molecule has 0 heterocycles. The van der Waals surface area contributed by atoms with Crippen molar-refractivity contribution in [1.82, 2.24) is 0 Å². The number of hydrogen-bond donors (Lipinski definition) is 0. The second kappa shape index (κ2) is 39.2. The van der Waals surface area contributed by atoms with E-state index in [1.165, 1.54) is 221 Å². The largest absolute Gasteiger partial charge is 0.0625 e. The molecule has 8 fully saturated rings. The van der Waals surface area contributed by atoms with Gasteiger partial charge in [0.25, 0.3) is 0 Å². The Morgan fingerprint density at radius 2 is 0.311 bits per heavy atom. The minimum atomic E-state index is 0.484. The predicted molar refractivity (Wildman–Crippen MR) is 532 cm³/mol. The molecular formula is C122H174. The molecule has 0 radical (unpaired) electrons. The smallest absolute Gasteiger partial charge is 0.0122 e. The van der Waals surface area contributed by atoms with E-state index in [-0.39, 0.29) is 0 Å².